The van der Waals surface area contributed by atoms with Gasteiger partial charge in [0.25, 0.3) is 0 Å². The molecule has 0 aliphatic heterocycles. The number of aromatic hydroxyl groups is 1. The Balaban J connectivity index is 2.29. The van der Waals surface area contributed by atoms with Crippen molar-refractivity contribution in [2.45, 2.75) is 19.5 Å². The summed E-state index contributed by atoms with van der Waals surface area (Å²) in [6.07, 6.45) is 1.46. The van der Waals surface area contributed by atoms with Gasteiger partial charge in [-0.05, 0) is 33.2 Å². The largest absolute Gasteiger partial charge is 0.506 e. The normalized spacial score (nSPS) is 13.1. The fourth-order valence-electron chi connectivity index (χ4n) is 1.11. The van der Waals surface area contributed by atoms with Crippen molar-refractivity contribution in [2.75, 3.05) is 20.6 Å². The molecule has 2 N–H and O–H groups in total. The van der Waals surface area contributed by atoms with Crippen LogP contribution in [0.3, 0.4) is 0 Å². The molecule has 1 atom stereocenters. The second kappa shape index (κ2) is 5.68. The second-order valence-corrected chi connectivity index (χ2v) is 3.95. The van der Waals surface area contributed by atoms with E-state index >= 15 is 0 Å². The number of hydrogen-bond acceptors (Lipinski definition) is 4. The minimum atomic E-state index is 0.209. The van der Waals surface area contributed by atoms with Crippen LogP contribution in [0.25, 0.3) is 0 Å². The molecule has 1 aromatic rings. The number of pyridine rings is 1. The molecule has 0 aliphatic rings. The Labute approximate surface area is 90.9 Å². The zero-order valence-corrected chi connectivity index (χ0v) is 9.57. The summed E-state index contributed by atoms with van der Waals surface area (Å²) in [7, 11) is 4.12. The van der Waals surface area contributed by atoms with E-state index in [4.69, 9.17) is 5.11 Å². The van der Waals surface area contributed by atoms with E-state index in [1.165, 1.54) is 6.20 Å². The van der Waals surface area contributed by atoms with Gasteiger partial charge in [0, 0.05) is 19.1 Å². The maximum atomic E-state index is 9.05. The lowest BCUT2D eigenvalue weighted by Gasteiger charge is -2.19. The highest BCUT2D eigenvalue weighted by molar-refractivity contribution is 5.17. The van der Waals surface area contributed by atoms with Crippen LogP contribution in [0, 0.1) is 0 Å². The van der Waals surface area contributed by atoms with E-state index < -0.39 is 0 Å². The van der Waals surface area contributed by atoms with Gasteiger partial charge in [-0.25, -0.2) is 0 Å². The van der Waals surface area contributed by atoms with Crippen molar-refractivity contribution in [1.29, 1.82) is 0 Å². The van der Waals surface area contributed by atoms with Crippen LogP contribution in [0.4, 0.5) is 0 Å². The quantitative estimate of drug-likeness (QED) is 0.754. The van der Waals surface area contributed by atoms with Crippen LogP contribution in [0.1, 0.15) is 12.6 Å². The lowest BCUT2D eigenvalue weighted by molar-refractivity contribution is 0.302. The van der Waals surface area contributed by atoms with Gasteiger partial charge in [0.2, 0.25) is 0 Å². The fourth-order valence-corrected chi connectivity index (χ4v) is 1.11. The molecule has 1 rings (SSSR count). The molecule has 1 aromatic heterocycles. The predicted octanol–water partition coefficient (Wildman–Crippen LogP) is 0.827. The molecule has 0 saturated heterocycles. The third-order valence-electron chi connectivity index (χ3n) is 2.44. The monoisotopic (exact) mass is 209 g/mol. The van der Waals surface area contributed by atoms with Gasteiger partial charge >= 0.3 is 0 Å². The van der Waals surface area contributed by atoms with E-state index in [0.717, 1.165) is 18.8 Å². The van der Waals surface area contributed by atoms with E-state index in [2.05, 4.69) is 36.2 Å². The summed E-state index contributed by atoms with van der Waals surface area (Å²) in [5.74, 6) is 0.209. The Morgan fingerprint density at radius 1 is 1.47 bits per heavy atom. The first-order chi connectivity index (χ1) is 7.09. The van der Waals surface area contributed by atoms with Gasteiger partial charge in [-0.1, -0.05) is 0 Å². The van der Waals surface area contributed by atoms with Gasteiger partial charge in [-0.3, -0.25) is 4.98 Å². The van der Waals surface area contributed by atoms with Gasteiger partial charge in [0.15, 0.2) is 0 Å². The van der Waals surface area contributed by atoms with E-state index in [1.54, 1.807) is 6.07 Å². The summed E-state index contributed by atoms with van der Waals surface area (Å²) < 4.78 is 0. The third-order valence-corrected chi connectivity index (χ3v) is 2.44. The molecule has 1 unspecified atom stereocenters. The van der Waals surface area contributed by atoms with Crippen molar-refractivity contribution in [3.8, 4) is 5.75 Å². The Kier molecular flexibility index (Phi) is 4.52. The number of aromatic nitrogens is 1. The number of rotatable bonds is 5. The minimum absolute atomic E-state index is 0.209. The van der Waals surface area contributed by atoms with Crippen molar-refractivity contribution in [3.05, 3.63) is 24.0 Å². The molecule has 0 radical (unpaired) electrons. The third kappa shape index (κ3) is 4.27. The molecule has 84 valence electrons. The maximum Gasteiger partial charge on any atom is 0.133 e. The lowest BCUT2D eigenvalue weighted by atomic mass is 10.3. The molecule has 0 spiro atoms. The molecular weight excluding hydrogens is 190 g/mol. The van der Waals surface area contributed by atoms with E-state index in [1.807, 2.05) is 6.07 Å². The topological polar surface area (TPSA) is 48.4 Å². The van der Waals surface area contributed by atoms with Crippen LogP contribution in [-0.2, 0) is 6.54 Å². The fraction of sp³-hybridized carbons (Fsp3) is 0.545. The van der Waals surface area contributed by atoms with Gasteiger partial charge in [0.05, 0.1) is 11.9 Å². The molecule has 1 heterocycles. The van der Waals surface area contributed by atoms with Crippen molar-refractivity contribution >= 4 is 0 Å². The molecule has 15 heavy (non-hydrogen) atoms. The molecule has 0 fully saturated rings. The van der Waals surface area contributed by atoms with E-state index in [9.17, 15) is 0 Å². The summed E-state index contributed by atoms with van der Waals surface area (Å²) >= 11 is 0. The van der Waals surface area contributed by atoms with Crippen molar-refractivity contribution < 1.29 is 5.11 Å². The number of nitrogens with one attached hydrogen (secondary N) is 1. The summed E-state index contributed by atoms with van der Waals surface area (Å²) in [6.45, 7) is 3.82. The number of likely N-dealkylation sites (N-methyl/N-ethyl adjacent to an activating group) is 1. The molecule has 0 aliphatic carbocycles. The van der Waals surface area contributed by atoms with Crippen LogP contribution >= 0.6 is 0 Å². The van der Waals surface area contributed by atoms with Crippen molar-refractivity contribution in [1.82, 2.24) is 15.2 Å². The van der Waals surface area contributed by atoms with Gasteiger partial charge < -0.3 is 15.3 Å². The highest BCUT2D eigenvalue weighted by Crippen LogP contribution is 2.05. The predicted molar refractivity (Wildman–Crippen MR) is 60.8 cm³/mol. The molecule has 0 amide bonds. The maximum absolute atomic E-state index is 9.05. The Morgan fingerprint density at radius 3 is 2.73 bits per heavy atom. The minimum Gasteiger partial charge on any atom is -0.506 e. The van der Waals surface area contributed by atoms with E-state index in [-0.39, 0.29) is 5.75 Å². The first kappa shape index (κ1) is 11.9. The van der Waals surface area contributed by atoms with Crippen LogP contribution in [0.2, 0.25) is 0 Å². The smallest absolute Gasteiger partial charge is 0.133 e. The Bertz CT molecular complexity index is 284. The summed E-state index contributed by atoms with van der Waals surface area (Å²) in [5.41, 5.74) is 0.943. The van der Waals surface area contributed by atoms with Crippen LogP contribution in [0.5, 0.6) is 5.75 Å². The van der Waals surface area contributed by atoms with Gasteiger partial charge in [-0.2, -0.15) is 0 Å². The average molecular weight is 209 g/mol. The molecule has 4 heteroatoms. The van der Waals surface area contributed by atoms with Crippen LogP contribution in [-0.4, -0.2) is 41.7 Å². The van der Waals surface area contributed by atoms with Crippen molar-refractivity contribution in [2.24, 2.45) is 0 Å². The SMILES string of the molecule is CC(CNCc1ccc(O)cn1)N(C)C. The van der Waals surface area contributed by atoms with Gasteiger partial charge in [-0.15, -0.1) is 0 Å². The van der Waals surface area contributed by atoms with Gasteiger partial charge in [0.1, 0.15) is 5.75 Å². The van der Waals surface area contributed by atoms with E-state index in [0.29, 0.717) is 6.04 Å². The summed E-state index contributed by atoms with van der Waals surface area (Å²) in [5, 5.41) is 12.4. The summed E-state index contributed by atoms with van der Waals surface area (Å²) in [4.78, 5) is 6.26. The second-order valence-electron chi connectivity index (χ2n) is 3.95. The zero-order valence-electron chi connectivity index (χ0n) is 9.57. The molecule has 0 saturated carbocycles. The Hall–Kier alpha value is -1.13. The zero-order chi connectivity index (χ0) is 11.3. The molecule has 0 aromatic carbocycles. The lowest BCUT2D eigenvalue weighted by Crippen LogP contribution is -2.35. The van der Waals surface area contributed by atoms with Crippen LogP contribution < -0.4 is 5.32 Å². The molecular formula is C11H19N3O. The number of hydrogen-bond donors (Lipinski definition) is 2. The first-order valence-corrected chi connectivity index (χ1v) is 5.10. The Morgan fingerprint density at radius 2 is 2.20 bits per heavy atom. The molecule has 0 bridgehead atoms. The first-order valence-electron chi connectivity index (χ1n) is 5.10. The van der Waals surface area contributed by atoms with Crippen molar-refractivity contribution in [3.63, 3.8) is 0 Å². The average Bonchev–Trinajstić information content (AvgIpc) is 2.20. The summed E-state index contributed by atoms with van der Waals surface area (Å²) in [6, 6.07) is 3.98. The standard InChI is InChI=1S/C11H19N3O/c1-9(14(2)3)6-12-7-10-4-5-11(15)8-13-10/h4-5,8-9,12,15H,6-7H2,1-3H3. The molecule has 4 nitrogen and oxygen atoms in total. The highest BCUT2D eigenvalue weighted by atomic mass is 16.3. The highest BCUT2D eigenvalue weighted by Gasteiger charge is 2.03. The van der Waals surface area contributed by atoms with Crippen LogP contribution in [0.15, 0.2) is 18.3 Å². The number of nitrogens with zero attached hydrogens (tertiary/aromatic N) is 2.